The van der Waals surface area contributed by atoms with Crippen LogP contribution in [0.2, 0.25) is 5.02 Å². The van der Waals surface area contributed by atoms with Crippen molar-refractivity contribution in [3.05, 3.63) is 94.5 Å². The van der Waals surface area contributed by atoms with Gasteiger partial charge in [-0.1, -0.05) is 41.9 Å². The lowest BCUT2D eigenvalue weighted by atomic mass is 9.72. The highest BCUT2D eigenvalue weighted by Crippen LogP contribution is 2.38. The fraction of sp³-hybridized carbons (Fsp3) is 0.387. The fourth-order valence-electron chi connectivity index (χ4n) is 5.34. The van der Waals surface area contributed by atoms with Crippen LogP contribution < -0.4 is 15.4 Å². The number of nitrogens with zero attached hydrogens (tertiary/aromatic N) is 1. The number of hydrogen-bond acceptors (Lipinski definition) is 5. The van der Waals surface area contributed by atoms with Gasteiger partial charge in [-0.05, 0) is 61.1 Å². The van der Waals surface area contributed by atoms with Crippen LogP contribution in [-0.4, -0.2) is 59.9 Å². The predicted octanol–water partition coefficient (Wildman–Crippen LogP) is 6.35. The zero-order valence-electron chi connectivity index (χ0n) is 23.8. The number of rotatable bonds is 14. The Bertz CT molecular complexity index is 1450. The van der Waals surface area contributed by atoms with Crippen LogP contribution in [0.1, 0.15) is 42.5 Å². The van der Waals surface area contributed by atoms with Crippen molar-refractivity contribution in [2.24, 2.45) is 0 Å². The van der Waals surface area contributed by atoms with Gasteiger partial charge in [-0.3, -0.25) is 9.78 Å². The molecule has 1 aliphatic carbocycles. The molecule has 0 bridgehead atoms. The Labute approximate surface area is 260 Å². The minimum atomic E-state index is -4.89. The number of urea groups is 1. The largest absolute Gasteiger partial charge is 0.481 e. The molecule has 1 fully saturated rings. The first kappa shape index (κ1) is 33.9. The molecule has 1 aliphatic rings. The van der Waals surface area contributed by atoms with Gasteiger partial charge in [0.25, 0.3) is 0 Å². The topological polar surface area (TPSA) is 110 Å². The monoisotopic (exact) mass is 655 g/mol. The van der Waals surface area contributed by atoms with E-state index < -0.39 is 53.7 Å². The number of aromatic nitrogens is 1. The van der Waals surface area contributed by atoms with E-state index in [2.05, 4.69) is 20.4 Å². The molecule has 0 spiro atoms. The lowest BCUT2D eigenvalue weighted by molar-refractivity contribution is -0.253. The Morgan fingerprint density at radius 3 is 2.51 bits per heavy atom. The van der Waals surface area contributed by atoms with Gasteiger partial charge in [-0.25, -0.2) is 9.18 Å². The molecule has 1 aromatic heterocycles. The van der Waals surface area contributed by atoms with E-state index in [0.29, 0.717) is 24.5 Å². The van der Waals surface area contributed by atoms with Gasteiger partial charge in [0.15, 0.2) is 0 Å². The molecule has 14 heteroatoms. The second-order valence-electron chi connectivity index (χ2n) is 10.7. The summed E-state index contributed by atoms with van der Waals surface area (Å²) in [6.45, 7) is -0.273. The molecular formula is C31H31ClF5N3O5. The number of nitrogens with one attached hydrogen (secondary N) is 2. The van der Waals surface area contributed by atoms with E-state index in [1.165, 1.54) is 18.3 Å². The molecule has 0 radical (unpaired) electrons. The maximum atomic E-state index is 15.0. The number of carboxylic acids is 1. The standard InChI is InChI=1S/C31H31ClF5N3O5/c32-21-9-10-26(38-17-21)30(16-19-5-2-1-3-6-19,20-13-22(33)15-23(14-20)45-31(36,37)28(34)35)18-39-29(43)40-24-7-4-8-25(24)44-12-11-27(41)42/h1-3,5-6,9-10,13-15,17,24-25,28H,4,7-8,11-12,16,18H2,(H,41,42)(H2,39,40,43)/t24?,25?,30-/m0/s1. The number of alkyl halides is 4. The molecule has 3 N–H and O–H groups in total. The Morgan fingerprint density at radius 2 is 1.84 bits per heavy atom. The third-order valence-corrected chi connectivity index (χ3v) is 7.69. The number of aliphatic carboxylic acids is 1. The molecular weight excluding hydrogens is 625 g/mol. The van der Waals surface area contributed by atoms with E-state index in [1.54, 1.807) is 30.3 Å². The van der Waals surface area contributed by atoms with E-state index in [-0.39, 0.29) is 42.3 Å². The highest BCUT2D eigenvalue weighted by molar-refractivity contribution is 6.30. The Balaban J connectivity index is 1.70. The van der Waals surface area contributed by atoms with Gasteiger partial charge < -0.3 is 25.2 Å². The summed E-state index contributed by atoms with van der Waals surface area (Å²) in [6.07, 6.45) is -6.32. The molecule has 2 aromatic carbocycles. The summed E-state index contributed by atoms with van der Waals surface area (Å²) < 4.78 is 78.6. The van der Waals surface area contributed by atoms with Gasteiger partial charge in [0.2, 0.25) is 0 Å². The van der Waals surface area contributed by atoms with Gasteiger partial charge in [-0.15, -0.1) is 0 Å². The van der Waals surface area contributed by atoms with Crippen LogP contribution in [0.4, 0.5) is 26.7 Å². The van der Waals surface area contributed by atoms with Crippen molar-refractivity contribution in [1.82, 2.24) is 15.6 Å². The summed E-state index contributed by atoms with van der Waals surface area (Å²) in [5.41, 5.74) is -0.471. The zero-order valence-corrected chi connectivity index (χ0v) is 24.6. The van der Waals surface area contributed by atoms with E-state index in [9.17, 15) is 27.2 Å². The van der Waals surface area contributed by atoms with Gasteiger partial charge in [0.1, 0.15) is 11.6 Å². The molecule has 3 aromatic rings. The summed E-state index contributed by atoms with van der Waals surface area (Å²) >= 11 is 6.09. The minimum absolute atomic E-state index is 0.0114. The van der Waals surface area contributed by atoms with E-state index in [4.69, 9.17) is 21.4 Å². The molecule has 45 heavy (non-hydrogen) atoms. The lowest BCUT2D eigenvalue weighted by Gasteiger charge is -2.35. The van der Waals surface area contributed by atoms with Crippen LogP contribution >= 0.6 is 11.6 Å². The summed E-state index contributed by atoms with van der Waals surface area (Å²) in [5, 5.41) is 14.8. The van der Waals surface area contributed by atoms with Gasteiger partial charge >= 0.3 is 24.5 Å². The lowest BCUT2D eigenvalue weighted by Crippen LogP contribution is -2.51. The third kappa shape index (κ3) is 9.04. The first-order chi connectivity index (χ1) is 21.4. The molecule has 3 atom stereocenters. The van der Waals surface area contributed by atoms with Crippen molar-refractivity contribution in [2.45, 2.75) is 62.2 Å². The van der Waals surface area contributed by atoms with Gasteiger partial charge in [-0.2, -0.15) is 17.6 Å². The number of carbonyl (C=O) groups is 2. The summed E-state index contributed by atoms with van der Waals surface area (Å²) in [4.78, 5) is 28.5. The van der Waals surface area contributed by atoms with Crippen LogP contribution in [-0.2, 0) is 21.4 Å². The van der Waals surface area contributed by atoms with Crippen molar-refractivity contribution in [2.75, 3.05) is 13.2 Å². The number of hydrogen-bond donors (Lipinski definition) is 3. The summed E-state index contributed by atoms with van der Waals surface area (Å²) in [7, 11) is 0. The Morgan fingerprint density at radius 1 is 1.09 bits per heavy atom. The number of benzene rings is 2. The number of halogens is 6. The van der Waals surface area contributed by atoms with Gasteiger partial charge in [0, 0.05) is 18.8 Å². The van der Waals surface area contributed by atoms with Crippen molar-refractivity contribution < 1.29 is 46.1 Å². The van der Waals surface area contributed by atoms with Crippen LogP contribution in [0.15, 0.2) is 66.9 Å². The SMILES string of the molecule is O=C(O)CCOC1CCCC1NC(=O)NC[C@@](Cc1ccccc1)(c1cc(F)cc(OC(F)(F)C(F)F)c1)c1ccc(Cl)cn1. The first-order valence-electron chi connectivity index (χ1n) is 14.1. The third-order valence-electron chi connectivity index (χ3n) is 7.47. The molecule has 0 aliphatic heterocycles. The van der Waals surface area contributed by atoms with Gasteiger partial charge in [0.05, 0.1) is 41.3 Å². The fourth-order valence-corrected chi connectivity index (χ4v) is 5.45. The van der Waals surface area contributed by atoms with Crippen LogP contribution in [0, 0.1) is 5.82 Å². The molecule has 4 rings (SSSR count). The molecule has 0 saturated heterocycles. The highest BCUT2D eigenvalue weighted by Gasteiger charge is 2.45. The molecule has 1 saturated carbocycles. The number of carbonyl (C=O) groups excluding carboxylic acids is 1. The molecule has 2 amide bonds. The normalized spacial score (nSPS) is 17.9. The molecule has 1 heterocycles. The van der Waals surface area contributed by atoms with Crippen molar-refractivity contribution in [1.29, 1.82) is 0 Å². The summed E-state index contributed by atoms with van der Waals surface area (Å²) in [5.74, 6) is -2.90. The first-order valence-corrected chi connectivity index (χ1v) is 14.5. The predicted molar refractivity (Wildman–Crippen MR) is 154 cm³/mol. The van der Waals surface area contributed by atoms with Crippen LogP contribution in [0.5, 0.6) is 5.75 Å². The maximum Gasteiger partial charge on any atom is 0.461 e. The second-order valence-corrected chi connectivity index (χ2v) is 11.1. The maximum absolute atomic E-state index is 15.0. The zero-order chi connectivity index (χ0) is 32.6. The number of amides is 2. The van der Waals surface area contributed by atoms with E-state index >= 15 is 4.39 Å². The van der Waals surface area contributed by atoms with Crippen molar-refractivity contribution >= 4 is 23.6 Å². The molecule has 242 valence electrons. The molecule has 8 nitrogen and oxygen atoms in total. The van der Waals surface area contributed by atoms with Crippen molar-refractivity contribution in [3.8, 4) is 5.75 Å². The second kappa shape index (κ2) is 14.9. The average Bonchev–Trinajstić information content (AvgIpc) is 3.42. The average molecular weight is 656 g/mol. The Hall–Kier alpha value is -3.97. The van der Waals surface area contributed by atoms with E-state index in [1.807, 2.05) is 0 Å². The number of ether oxygens (including phenoxy) is 2. The Kier molecular flexibility index (Phi) is 11.2. The van der Waals surface area contributed by atoms with Crippen LogP contribution in [0.25, 0.3) is 0 Å². The highest BCUT2D eigenvalue weighted by atomic mass is 35.5. The summed E-state index contributed by atoms with van der Waals surface area (Å²) in [6, 6.07) is 13.4. The number of carboxylic acid groups (broad SMARTS) is 1. The molecule has 2 unspecified atom stereocenters. The smallest absolute Gasteiger partial charge is 0.461 e. The quantitative estimate of drug-likeness (QED) is 0.175. The van der Waals surface area contributed by atoms with E-state index in [0.717, 1.165) is 18.6 Å². The van der Waals surface area contributed by atoms with Crippen LogP contribution in [0.3, 0.4) is 0 Å². The number of pyridine rings is 1. The van der Waals surface area contributed by atoms with Crippen molar-refractivity contribution in [3.63, 3.8) is 0 Å². The minimum Gasteiger partial charge on any atom is -0.481 e.